The second-order valence-corrected chi connectivity index (χ2v) is 5.14. The first kappa shape index (κ1) is 13.4. The number of nitriles is 1. The number of rotatable bonds is 3. The normalized spacial score (nSPS) is 17.5. The van der Waals surface area contributed by atoms with Crippen LogP contribution >= 0.6 is 0 Å². The summed E-state index contributed by atoms with van der Waals surface area (Å²) in [6.45, 7) is 1.01. The van der Waals surface area contributed by atoms with Crippen LogP contribution in [0.25, 0.3) is 0 Å². The van der Waals surface area contributed by atoms with Crippen molar-refractivity contribution >= 4 is 5.69 Å². The van der Waals surface area contributed by atoms with Crippen molar-refractivity contribution in [1.82, 2.24) is 4.98 Å². The lowest BCUT2D eigenvalue weighted by molar-refractivity contribution is 0.414. The van der Waals surface area contributed by atoms with Crippen LogP contribution in [0.3, 0.4) is 0 Å². The summed E-state index contributed by atoms with van der Waals surface area (Å²) < 4.78 is 5.32. The number of anilines is 1. The summed E-state index contributed by atoms with van der Waals surface area (Å²) in [7, 11) is 1.69. The largest absolute Gasteiger partial charge is 0.497 e. The van der Waals surface area contributed by atoms with Crippen LogP contribution in [0.2, 0.25) is 0 Å². The lowest BCUT2D eigenvalue weighted by Crippen LogP contribution is -2.22. The predicted octanol–water partition coefficient (Wildman–Crippen LogP) is 3.30. The van der Waals surface area contributed by atoms with E-state index in [0.29, 0.717) is 11.7 Å². The third-order valence-electron chi connectivity index (χ3n) is 3.93. The van der Waals surface area contributed by atoms with Gasteiger partial charge in [-0.05, 0) is 42.7 Å². The molecule has 21 heavy (non-hydrogen) atoms. The van der Waals surface area contributed by atoms with E-state index in [1.165, 1.54) is 5.56 Å². The molecule has 1 unspecified atom stereocenters. The van der Waals surface area contributed by atoms with Gasteiger partial charge in [0.2, 0.25) is 0 Å². The molecule has 1 fully saturated rings. The number of nitrogens with zero attached hydrogens (tertiary/aromatic N) is 3. The Bertz CT molecular complexity index is 660. The summed E-state index contributed by atoms with van der Waals surface area (Å²) >= 11 is 0. The third kappa shape index (κ3) is 2.68. The van der Waals surface area contributed by atoms with E-state index in [1.807, 2.05) is 18.2 Å². The Morgan fingerprint density at radius 2 is 2.24 bits per heavy atom. The zero-order chi connectivity index (χ0) is 14.7. The number of aromatic nitrogens is 1. The molecule has 1 aliphatic rings. The van der Waals surface area contributed by atoms with Crippen molar-refractivity contribution in [3.63, 3.8) is 0 Å². The molecule has 0 spiro atoms. The van der Waals surface area contributed by atoms with E-state index in [2.05, 4.69) is 28.1 Å². The van der Waals surface area contributed by atoms with E-state index < -0.39 is 0 Å². The SMILES string of the molecule is COc1cccc(C2CCCN2c2ccc(C#N)nc2)c1. The quantitative estimate of drug-likeness (QED) is 0.865. The summed E-state index contributed by atoms with van der Waals surface area (Å²) in [5, 5.41) is 8.84. The molecule has 1 aromatic heterocycles. The van der Waals surface area contributed by atoms with Crippen LogP contribution in [0.1, 0.15) is 30.1 Å². The van der Waals surface area contributed by atoms with Gasteiger partial charge in [0.15, 0.2) is 0 Å². The molecule has 1 aromatic carbocycles. The molecule has 1 atom stereocenters. The van der Waals surface area contributed by atoms with E-state index in [-0.39, 0.29) is 0 Å². The van der Waals surface area contributed by atoms with Gasteiger partial charge in [-0.2, -0.15) is 5.26 Å². The Labute approximate surface area is 124 Å². The maximum Gasteiger partial charge on any atom is 0.140 e. The van der Waals surface area contributed by atoms with Crippen molar-refractivity contribution in [1.29, 1.82) is 5.26 Å². The molecule has 0 radical (unpaired) electrons. The Kier molecular flexibility index (Phi) is 3.74. The zero-order valence-electron chi connectivity index (χ0n) is 12.0. The number of hydrogen-bond acceptors (Lipinski definition) is 4. The summed E-state index contributed by atoms with van der Waals surface area (Å²) in [4.78, 5) is 6.53. The van der Waals surface area contributed by atoms with Crippen molar-refractivity contribution in [2.75, 3.05) is 18.6 Å². The highest BCUT2D eigenvalue weighted by atomic mass is 16.5. The topological polar surface area (TPSA) is 49.1 Å². The minimum absolute atomic E-state index is 0.342. The van der Waals surface area contributed by atoms with Crippen LogP contribution in [0.15, 0.2) is 42.6 Å². The molecule has 4 heteroatoms. The minimum atomic E-state index is 0.342. The summed E-state index contributed by atoms with van der Waals surface area (Å²) in [5.74, 6) is 0.886. The van der Waals surface area contributed by atoms with Crippen LogP contribution in [0.4, 0.5) is 5.69 Å². The second-order valence-electron chi connectivity index (χ2n) is 5.14. The molecule has 0 amide bonds. The highest BCUT2D eigenvalue weighted by Crippen LogP contribution is 2.36. The van der Waals surface area contributed by atoms with Crippen molar-refractivity contribution in [2.24, 2.45) is 0 Å². The Morgan fingerprint density at radius 1 is 1.33 bits per heavy atom. The monoisotopic (exact) mass is 279 g/mol. The van der Waals surface area contributed by atoms with Crippen LogP contribution in [-0.2, 0) is 0 Å². The second kappa shape index (κ2) is 5.84. The first-order valence-electron chi connectivity index (χ1n) is 7.08. The molecule has 106 valence electrons. The number of pyridine rings is 1. The maximum absolute atomic E-state index is 8.84. The fourth-order valence-electron chi connectivity index (χ4n) is 2.89. The highest BCUT2D eigenvalue weighted by Gasteiger charge is 2.26. The van der Waals surface area contributed by atoms with Crippen LogP contribution in [-0.4, -0.2) is 18.6 Å². The predicted molar refractivity (Wildman–Crippen MR) is 81.3 cm³/mol. The number of hydrogen-bond donors (Lipinski definition) is 0. The van der Waals surface area contributed by atoms with Gasteiger partial charge in [-0.15, -0.1) is 0 Å². The van der Waals surface area contributed by atoms with Gasteiger partial charge < -0.3 is 9.64 Å². The summed E-state index contributed by atoms with van der Waals surface area (Å²) in [6, 6.07) is 14.4. The smallest absolute Gasteiger partial charge is 0.140 e. The van der Waals surface area contributed by atoms with Gasteiger partial charge in [-0.1, -0.05) is 12.1 Å². The maximum atomic E-state index is 8.84. The molecular weight excluding hydrogens is 262 g/mol. The summed E-state index contributed by atoms with van der Waals surface area (Å²) in [5.41, 5.74) is 2.78. The van der Waals surface area contributed by atoms with Crippen molar-refractivity contribution in [3.8, 4) is 11.8 Å². The van der Waals surface area contributed by atoms with Crippen molar-refractivity contribution in [3.05, 3.63) is 53.9 Å². The summed E-state index contributed by atoms with van der Waals surface area (Å²) in [6.07, 6.45) is 4.06. The zero-order valence-corrected chi connectivity index (χ0v) is 12.0. The number of methoxy groups -OCH3 is 1. The van der Waals surface area contributed by atoms with Crippen molar-refractivity contribution < 1.29 is 4.74 Å². The molecular formula is C17H17N3O. The Balaban J connectivity index is 1.89. The van der Waals surface area contributed by atoms with Gasteiger partial charge in [0.1, 0.15) is 17.5 Å². The van der Waals surface area contributed by atoms with E-state index in [0.717, 1.165) is 30.8 Å². The van der Waals surface area contributed by atoms with Gasteiger partial charge in [0, 0.05) is 6.54 Å². The molecule has 0 saturated carbocycles. The molecule has 0 aliphatic carbocycles. The molecule has 2 aromatic rings. The standard InChI is InChI=1S/C17H17N3O/c1-21-16-5-2-4-13(10-16)17-6-3-9-20(17)15-8-7-14(11-18)19-12-15/h2,4-5,7-8,10,12,17H,3,6,9H2,1H3. The van der Waals surface area contributed by atoms with Gasteiger partial charge in [0.25, 0.3) is 0 Å². The van der Waals surface area contributed by atoms with Crippen LogP contribution in [0.5, 0.6) is 5.75 Å². The first-order chi connectivity index (χ1) is 10.3. The Hall–Kier alpha value is -2.54. The highest BCUT2D eigenvalue weighted by molar-refractivity contribution is 5.50. The average Bonchev–Trinajstić information content (AvgIpc) is 3.04. The lowest BCUT2D eigenvalue weighted by atomic mass is 10.0. The Morgan fingerprint density at radius 3 is 2.95 bits per heavy atom. The van der Waals surface area contributed by atoms with Gasteiger partial charge in [0.05, 0.1) is 25.0 Å². The number of benzene rings is 1. The van der Waals surface area contributed by atoms with Gasteiger partial charge >= 0.3 is 0 Å². The lowest BCUT2D eigenvalue weighted by Gasteiger charge is -2.27. The molecule has 0 bridgehead atoms. The molecule has 2 heterocycles. The van der Waals surface area contributed by atoms with E-state index >= 15 is 0 Å². The fraction of sp³-hybridized carbons (Fsp3) is 0.294. The van der Waals surface area contributed by atoms with Gasteiger partial charge in [-0.25, -0.2) is 4.98 Å². The fourth-order valence-corrected chi connectivity index (χ4v) is 2.89. The van der Waals surface area contributed by atoms with Crippen LogP contribution in [0, 0.1) is 11.3 Å². The number of ether oxygens (including phenoxy) is 1. The average molecular weight is 279 g/mol. The molecule has 0 N–H and O–H groups in total. The molecule has 1 saturated heterocycles. The van der Waals surface area contributed by atoms with E-state index in [1.54, 1.807) is 19.4 Å². The first-order valence-corrected chi connectivity index (χ1v) is 7.08. The minimum Gasteiger partial charge on any atom is -0.497 e. The van der Waals surface area contributed by atoms with Gasteiger partial charge in [-0.3, -0.25) is 0 Å². The molecule has 4 nitrogen and oxygen atoms in total. The molecule has 1 aliphatic heterocycles. The molecule has 3 rings (SSSR count). The van der Waals surface area contributed by atoms with E-state index in [4.69, 9.17) is 10.00 Å². The van der Waals surface area contributed by atoms with Crippen molar-refractivity contribution in [2.45, 2.75) is 18.9 Å². The third-order valence-corrected chi connectivity index (χ3v) is 3.93. The van der Waals surface area contributed by atoms with E-state index in [9.17, 15) is 0 Å². The van der Waals surface area contributed by atoms with Crippen LogP contribution < -0.4 is 9.64 Å².